The van der Waals surface area contributed by atoms with Gasteiger partial charge in [0.25, 0.3) is 5.91 Å². The fraction of sp³-hybridized carbons (Fsp3) is 0.524. The van der Waals surface area contributed by atoms with Crippen molar-refractivity contribution in [2.24, 2.45) is 0 Å². The van der Waals surface area contributed by atoms with Crippen LogP contribution in [0.4, 0.5) is 0 Å². The molecule has 0 saturated carbocycles. The number of carbonyl (C=O) groups is 4. The second kappa shape index (κ2) is 7.97. The van der Waals surface area contributed by atoms with Gasteiger partial charge in [-0.15, -0.1) is 0 Å². The van der Waals surface area contributed by atoms with Crippen molar-refractivity contribution in [2.45, 2.75) is 31.9 Å². The van der Waals surface area contributed by atoms with Gasteiger partial charge in [0.2, 0.25) is 17.7 Å². The van der Waals surface area contributed by atoms with Gasteiger partial charge in [0.1, 0.15) is 5.75 Å². The van der Waals surface area contributed by atoms with Crippen LogP contribution in [0.1, 0.15) is 36.5 Å². The first kappa shape index (κ1) is 20.2. The molecule has 160 valence electrons. The van der Waals surface area contributed by atoms with Crippen molar-refractivity contribution in [3.8, 4) is 5.75 Å². The molecule has 9 nitrogen and oxygen atoms in total. The van der Waals surface area contributed by atoms with E-state index in [1.165, 1.54) is 6.92 Å². The zero-order valence-corrected chi connectivity index (χ0v) is 17.1. The molecule has 1 unspecified atom stereocenters. The van der Waals surface area contributed by atoms with Crippen LogP contribution in [0, 0.1) is 0 Å². The lowest BCUT2D eigenvalue weighted by molar-refractivity contribution is -0.143. The lowest BCUT2D eigenvalue weighted by Crippen LogP contribution is -2.56. The number of nitrogens with zero attached hydrogens (tertiary/aromatic N) is 3. The first-order valence-electron chi connectivity index (χ1n) is 10.3. The molecule has 4 rings (SSSR count). The molecular formula is C21H26N4O5. The van der Waals surface area contributed by atoms with Crippen LogP contribution < -0.4 is 10.1 Å². The van der Waals surface area contributed by atoms with Crippen molar-refractivity contribution in [1.29, 1.82) is 0 Å². The minimum absolute atomic E-state index is 0.000478. The molecule has 3 aliphatic heterocycles. The molecule has 9 heteroatoms. The summed E-state index contributed by atoms with van der Waals surface area (Å²) in [5.41, 5.74) is -0.457. The van der Waals surface area contributed by atoms with Crippen LogP contribution in [0.5, 0.6) is 5.75 Å². The van der Waals surface area contributed by atoms with E-state index >= 15 is 0 Å². The average Bonchev–Trinajstić information content (AvgIpc) is 2.88. The number of ether oxygens (including phenoxy) is 1. The normalized spacial score (nSPS) is 24.1. The van der Waals surface area contributed by atoms with E-state index in [2.05, 4.69) is 5.32 Å². The number of likely N-dealkylation sites (tertiary alicyclic amines) is 1. The van der Waals surface area contributed by atoms with Gasteiger partial charge < -0.3 is 24.8 Å². The second-order valence-electron chi connectivity index (χ2n) is 8.00. The van der Waals surface area contributed by atoms with Crippen molar-refractivity contribution in [3.05, 3.63) is 29.8 Å². The third-order valence-electron chi connectivity index (χ3n) is 6.06. The maximum atomic E-state index is 12.7. The van der Waals surface area contributed by atoms with Gasteiger partial charge in [-0.3, -0.25) is 19.2 Å². The number of hydrogen-bond donors (Lipinski definition) is 1. The summed E-state index contributed by atoms with van der Waals surface area (Å²) in [7, 11) is 0. The van der Waals surface area contributed by atoms with E-state index in [0.717, 1.165) is 0 Å². The molecule has 4 amide bonds. The average molecular weight is 414 g/mol. The van der Waals surface area contributed by atoms with Gasteiger partial charge >= 0.3 is 0 Å². The maximum absolute atomic E-state index is 12.7. The van der Waals surface area contributed by atoms with Crippen LogP contribution in [0.2, 0.25) is 0 Å². The first-order valence-corrected chi connectivity index (χ1v) is 10.3. The number of benzene rings is 1. The maximum Gasteiger partial charge on any atom is 0.258 e. The predicted molar refractivity (Wildman–Crippen MR) is 107 cm³/mol. The van der Waals surface area contributed by atoms with Gasteiger partial charge in [-0.2, -0.15) is 0 Å². The van der Waals surface area contributed by atoms with Gasteiger partial charge in [-0.05, 0) is 12.1 Å². The minimum Gasteiger partial charge on any atom is -0.467 e. The SMILES string of the molecule is CC(=O)N1CCN(C(=O)CN2CCC3(CCC2=O)NC(=O)c2ccccc2O3)CC1. The Morgan fingerprint density at radius 2 is 1.73 bits per heavy atom. The summed E-state index contributed by atoms with van der Waals surface area (Å²) in [5.74, 6) is 0.0608. The second-order valence-corrected chi connectivity index (χ2v) is 8.00. The summed E-state index contributed by atoms with van der Waals surface area (Å²) in [6.07, 6.45) is 0.950. The quantitative estimate of drug-likeness (QED) is 0.746. The van der Waals surface area contributed by atoms with Crippen molar-refractivity contribution < 1.29 is 23.9 Å². The molecular weight excluding hydrogens is 388 g/mol. The highest BCUT2D eigenvalue weighted by atomic mass is 16.5. The van der Waals surface area contributed by atoms with E-state index in [0.29, 0.717) is 56.9 Å². The Labute approximate surface area is 174 Å². The highest BCUT2D eigenvalue weighted by Gasteiger charge is 2.43. The van der Waals surface area contributed by atoms with E-state index in [1.54, 1.807) is 32.9 Å². The summed E-state index contributed by atoms with van der Waals surface area (Å²) in [5, 5.41) is 2.93. The van der Waals surface area contributed by atoms with E-state index in [-0.39, 0.29) is 36.6 Å². The number of nitrogens with one attached hydrogen (secondary N) is 1. The van der Waals surface area contributed by atoms with Gasteiger partial charge in [0.15, 0.2) is 5.72 Å². The zero-order valence-electron chi connectivity index (χ0n) is 17.1. The van der Waals surface area contributed by atoms with E-state index in [9.17, 15) is 19.2 Å². The summed E-state index contributed by atoms with van der Waals surface area (Å²) in [6.45, 7) is 3.81. The van der Waals surface area contributed by atoms with E-state index in [1.807, 2.05) is 6.07 Å². The Balaban J connectivity index is 1.38. The molecule has 1 spiro atoms. The molecule has 3 heterocycles. The molecule has 1 N–H and O–H groups in total. The Hall–Kier alpha value is -3.10. The first-order chi connectivity index (χ1) is 14.4. The van der Waals surface area contributed by atoms with Crippen LogP contribution in [0.25, 0.3) is 0 Å². The summed E-state index contributed by atoms with van der Waals surface area (Å²) < 4.78 is 6.12. The number of amides is 4. The predicted octanol–water partition coefficient (Wildman–Crippen LogP) is 0.208. The van der Waals surface area contributed by atoms with Crippen LogP contribution in [0.3, 0.4) is 0 Å². The molecule has 2 saturated heterocycles. The standard InChI is InChI=1S/C21H26N4O5/c1-15(26)23-10-12-24(13-11-23)19(28)14-25-9-8-21(7-6-18(25)27)22-20(29)16-4-2-3-5-17(16)30-21/h2-5H,6-14H2,1H3,(H,22,29). The molecule has 2 fully saturated rings. The van der Waals surface area contributed by atoms with Crippen molar-refractivity contribution in [1.82, 2.24) is 20.0 Å². The number of carbonyl (C=O) groups excluding carboxylic acids is 4. The number of para-hydroxylation sites is 1. The molecule has 1 aromatic rings. The molecule has 0 aliphatic carbocycles. The Morgan fingerprint density at radius 3 is 2.47 bits per heavy atom. The third kappa shape index (κ3) is 3.96. The van der Waals surface area contributed by atoms with Crippen molar-refractivity contribution in [3.63, 3.8) is 0 Å². The van der Waals surface area contributed by atoms with Crippen LogP contribution in [0.15, 0.2) is 24.3 Å². The molecule has 1 aromatic carbocycles. The Bertz CT molecular complexity index is 880. The number of fused-ring (bicyclic) bond motifs is 1. The van der Waals surface area contributed by atoms with Crippen LogP contribution >= 0.6 is 0 Å². The van der Waals surface area contributed by atoms with Crippen molar-refractivity contribution >= 4 is 23.6 Å². The van der Waals surface area contributed by atoms with Gasteiger partial charge in [-0.1, -0.05) is 12.1 Å². The van der Waals surface area contributed by atoms with E-state index in [4.69, 9.17) is 4.74 Å². The molecule has 0 aromatic heterocycles. The lowest BCUT2D eigenvalue weighted by atomic mass is 10.0. The molecule has 3 aliphatic rings. The molecule has 0 bridgehead atoms. The summed E-state index contributed by atoms with van der Waals surface area (Å²) in [4.78, 5) is 54.3. The minimum atomic E-state index is -0.938. The van der Waals surface area contributed by atoms with Gasteiger partial charge in [0.05, 0.1) is 12.1 Å². The highest BCUT2D eigenvalue weighted by molar-refractivity contribution is 5.98. The zero-order chi connectivity index (χ0) is 21.3. The number of rotatable bonds is 2. The highest BCUT2D eigenvalue weighted by Crippen LogP contribution is 2.33. The fourth-order valence-corrected chi connectivity index (χ4v) is 4.21. The van der Waals surface area contributed by atoms with Crippen molar-refractivity contribution in [2.75, 3.05) is 39.3 Å². The van der Waals surface area contributed by atoms with E-state index < -0.39 is 5.72 Å². The fourth-order valence-electron chi connectivity index (χ4n) is 4.21. The topological polar surface area (TPSA) is 99.3 Å². The van der Waals surface area contributed by atoms with Crippen LogP contribution in [-0.4, -0.2) is 83.3 Å². The third-order valence-corrected chi connectivity index (χ3v) is 6.06. The molecule has 0 radical (unpaired) electrons. The number of hydrogen-bond acceptors (Lipinski definition) is 5. The summed E-state index contributed by atoms with van der Waals surface area (Å²) >= 11 is 0. The molecule has 1 atom stereocenters. The lowest BCUT2D eigenvalue weighted by Gasteiger charge is -2.38. The van der Waals surface area contributed by atoms with Gasteiger partial charge in [-0.25, -0.2) is 0 Å². The van der Waals surface area contributed by atoms with Gasteiger partial charge in [0, 0.05) is 58.9 Å². The summed E-state index contributed by atoms with van der Waals surface area (Å²) in [6, 6.07) is 7.05. The monoisotopic (exact) mass is 414 g/mol. The number of piperazine rings is 1. The Morgan fingerprint density at radius 1 is 1.03 bits per heavy atom. The Kier molecular flexibility index (Phi) is 5.36. The molecule has 30 heavy (non-hydrogen) atoms. The van der Waals surface area contributed by atoms with Crippen LogP contribution in [-0.2, 0) is 14.4 Å². The smallest absolute Gasteiger partial charge is 0.258 e. The largest absolute Gasteiger partial charge is 0.467 e.